The van der Waals surface area contributed by atoms with E-state index in [1.807, 2.05) is 0 Å². The monoisotopic (exact) mass is 324 g/mol. The first-order valence-electron chi connectivity index (χ1n) is 5.21. The Balaban J connectivity index is 0. The van der Waals surface area contributed by atoms with Crippen LogP contribution in [0.4, 0.5) is 0 Å². The molecule has 8 nitrogen and oxygen atoms in total. The van der Waals surface area contributed by atoms with E-state index < -0.39 is 24.0 Å². The van der Waals surface area contributed by atoms with Gasteiger partial charge in [-0.25, -0.2) is 9.13 Å². The molecule has 0 spiro atoms. The lowest BCUT2D eigenvalue weighted by molar-refractivity contribution is 0.161. The molecule has 0 amide bonds. The van der Waals surface area contributed by atoms with Gasteiger partial charge in [0.25, 0.3) is 0 Å². The molecule has 0 rings (SSSR count). The first-order valence-corrected chi connectivity index (χ1v) is 11.6. The molecule has 0 aliphatic carbocycles. The van der Waals surface area contributed by atoms with Crippen LogP contribution in [-0.2, 0) is 22.4 Å². The quantitative estimate of drug-likeness (QED) is 0.501. The maximum absolute atomic E-state index is 10.5. The third kappa shape index (κ3) is 18.8. The number of phosphoric ester groups is 1. The second-order valence-electron chi connectivity index (χ2n) is 4.00. The van der Waals surface area contributed by atoms with Crippen molar-refractivity contribution in [3.8, 4) is 0 Å². The van der Waals surface area contributed by atoms with E-state index in [4.69, 9.17) is 14.7 Å². The van der Waals surface area contributed by atoms with Gasteiger partial charge in [0.15, 0.2) is 8.32 Å². The first kappa shape index (κ1) is 20.7. The number of hydrogen-bond donors (Lipinski definition) is 3. The van der Waals surface area contributed by atoms with E-state index in [0.29, 0.717) is 0 Å². The zero-order valence-electron chi connectivity index (χ0n) is 11.2. The number of phosphoric acid groups is 2. The zero-order valence-corrected chi connectivity index (χ0v) is 14.0. The maximum atomic E-state index is 10.5. The standard InChI is InChI=1S/C4H11O4P.C3H11O4PSi/c1-3-7-9(5,6)8-4-2;1-9(2,3)7-8(4,5)6/h3-4H2,1-2H3,(H,5,6);1-3H3,(H2,4,5,6). The van der Waals surface area contributed by atoms with Gasteiger partial charge >= 0.3 is 15.6 Å². The molecule has 0 radical (unpaired) electrons. The maximum Gasteiger partial charge on any atom is 0.472 e. The Morgan fingerprint density at radius 2 is 1.28 bits per heavy atom. The summed E-state index contributed by atoms with van der Waals surface area (Å²) in [6.45, 7) is 8.77. The van der Waals surface area contributed by atoms with Crippen LogP contribution < -0.4 is 0 Å². The molecule has 11 heteroatoms. The topological polar surface area (TPSA) is 123 Å². The molecule has 0 heterocycles. The van der Waals surface area contributed by atoms with Crippen molar-refractivity contribution >= 4 is 24.0 Å². The molecular weight excluding hydrogens is 302 g/mol. The van der Waals surface area contributed by atoms with Crippen molar-refractivity contribution in [1.29, 1.82) is 0 Å². The highest BCUT2D eigenvalue weighted by molar-refractivity contribution is 7.48. The minimum atomic E-state index is -4.23. The van der Waals surface area contributed by atoms with Crippen LogP contribution in [0, 0.1) is 0 Å². The van der Waals surface area contributed by atoms with Gasteiger partial charge in [-0.2, -0.15) is 0 Å². The second-order valence-corrected chi connectivity index (χ2v) is 11.4. The van der Waals surface area contributed by atoms with E-state index in [1.54, 1.807) is 33.5 Å². The largest absolute Gasteiger partial charge is 0.472 e. The summed E-state index contributed by atoms with van der Waals surface area (Å²) in [5.41, 5.74) is 0. The molecule has 0 aromatic carbocycles. The van der Waals surface area contributed by atoms with Crippen molar-refractivity contribution in [2.45, 2.75) is 33.5 Å². The molecule has 18 heavy (non-hydrogen) atoms. The van der Waals surface area contributed by atoms with Crippen molar-refractivity contribution in [2.24, 2.45) is 0 Å². The number of rotatable bonds is 6. The van der Waals surface area contributed by atoms with Crippen LogP contribution in [0.25, 0.3) is 0 Å². The summed E-state index contributed by atoms with van der Waals surface area (Å²) < 4.78 is 33.8. The Bertz CT molecular complexity index is 299. The Kier molecular flexibility index (Phi) is 9.89. The average molecular weight is 324 g/mol. The van der Waals surface area contributed by atoms with Gasteiger partial charge in [-0.05, 0) is 33.5 Å². The lowest BCUT2D eigenvalue weighted by Gasteiger charge is -2.16. The number of hydrogen-bond acceptors (Lipinski definition) is 5. The van der Waals surface area contributed by atoms with Crippen molar-refractivity contribution < 1.29 is 37.1 Å². The molecule has 0 aliphatic heterocycles. The third-order valence-electron chi connectivity index (χ3n) is 0.977. The molecular formula is C7H22O8P2Si. The van der Waals surface area contributed by atoms with Crippen LogP contribution in [0.5, 0.6) is 0 Å². The fraction of sp³-hybridized carbons (Fsp3) is 1.00. The van der Waals surface area contributed by atoms with E-state index in [0.717, 1.165) is 0 Å². The second kappa shape index (κ2) is 8.58. The van der Waals surface area contributed by atoms with Gasteiger partial charge < -0.3 is 18.9 Å². The summed E-state index contributed by atoms with van der Waals surface area (Å²) in [7, 11) is -9.97. The predicted octanol–water partition coefficient (Wildman–Crippen LogP) is 2.09. The smallest absolute Gasteiger partial charge is 0.330 e. The molecule has 0 aromatic heterocycles. The van der Waals surface area contributed by atoms with Crippen LogP contribution in [0.1, 0.15) is 13.8 Å². The van der Waals surface area contributed by atoms with E-state index >= 15 is 0 Å². The van der Waals surface area contributed by atoms with Gasteiger partial charge in [0, 0.05) is 0 Å². The van der Waals surface area contributed by atoms with Crippen molar-refractivity contribution in [1.82, 2.24) is 0 Å². The highest BCUT2D eigenvalue weighted by Gasteiger charge is 2.26. The zero-order chi connectivity index (χ0) is 15.0. The van der Waals surface area contributed by atoms with Crippen LogP contribution in [0.2, 0.25) is 19.6 Å². The van der Waals surface area contributed by atoms with Crippen molar-refractivity contribution in [2.75, 3.05) is 13.2 Å². The summed E-state index contributed by atoms with van der Waals surface area (Å²) in [5.74, 6) is 0. The molecule has 3 N–H and O–H groups in total. The lowest BCUT2D eigenvalue weighted by atomic mass is 10.9. The van der Waals surface area contributed by atoms with Crippen LogP contribution in [0.3, 0.4) is 0 Å². The minimum Gasteiger partial charge on any atom is -0.330 e. The summed E-state index contributed by atoms with van der Waals surface area (Å²) in [4.78, 5) is 25.2. The highest BCUT2D eigenvalue weighted by atomic mass is 31.2. The fourth-order valence-corrected chi connectivity index (χ4v) is 4.30. The van der Waals surface area contributed by atoms with Gasteiger partial charge in [-0.3, -0.25) is 9.05 Å². The Morgan fingerprint density at radius 3 is 1.39 bits per heavy atom. The van der Waals surface area contributed by atoms with E-state index in [1.165, 1.54) is 0 Å². The predicted molar refractivity (Wildman–Crippen MR) is 69.6 cm³/mol. The molecule has 0 fully saturated rings. The van der Waals surface area contributed by atoms with E-state index in [2.05, 4.69) is 13.3 Å². The lowest BCUT2D eigenvalue weighted by Crippen LogP contribution is -2.23. The Morgan fingerprint density at radius 1 is 0.944 bits per heavy atom. The average Bonchev–Trinajstić information content (AvgIpc) is 1.96. The molecule has 112 valence electrons. The molecule has 0 atom stereocenters. The molecule has 0 aliphatic rings. The van der Waals surface area contributed by atoms with E-state index in [9.17, 15) is 9.13 Å². The third-order valence-corrected chi connectivity index (χ3v) is 5.29. The Labute approximate surface area is 108 Å². The molecule has 0 aromatic rings. The Hall–Kier alpha value is 0.437. The summed E-state index contributed by atoms with van der Waals surface area (Å²) in [6.07, 6.45) is 0. The van der Waals surface area contributed by atoms with E-state index in [-0.39, 0.29) is 13.2 Å². The fourth-order valence-electron chi connectivity index (χ4n) is 0.720. The summed E-state index contributed by atoms with van der Waals surface area (Å²) in [5, 5.41) is 0. The molecule has 0 bridgehead atoms. The van der Waals surface area contributed by atoms with Gasteiger partial charge in [-0.1, -0.05) is 0 Å². The van der Waals surface area contributed by atoms with Crippen LogP contribution in [-0.4, -0.2) is 36.2 Å². The summed E-state index contributed by atoms with van der Waals surface area (Å²) in [6, 6.07) is 0. The van der Waals surface area contributed by atoms with Gasteiger partial charge in [0.2, 0.25) is 0 Å². The van der Waals surface area contributed by atoms with Crippen molar-refractivity contribution in [3.05, 3.63) is 0 Å². The SMILES string of the molecule is CCOP(=O)(O)OCC.C[Si](C)(C)OP(=O)(O)O. The first-order chi connectivity index (χ1) is 7.83. The minimum absolute atomic E-state index is 0.188. The highest BCUT2D eigenvalue weighted by Crippen LogP contribution is 2.42. The molecule has 0 saturated carbocycles. The van der Waals surface area contributed by atoms with Crippen molar-refractivity contribution in [3.63, 3.8) is 0 Å². The van der Waals surface area contributed by atoms with Crippen LogP contribution >= 0.6 is 15.6 Å². The van der Waals surface area contributed by atoms with Gasteiger partial charge in [0.05, 0.1) is 13.2 Å². The summed E-state index contributed by atoms with van der Waals surface area (Å²) >= 11 is 0. The van der Waals surface area contributed by atoms with Crippen LogP contribution in [0.15, 0.2) is 0 Å². The molecule has 0 unspecified atom stereocenters. The molecule has 0 saturated heterocycles. The van der Waals surface area contributed by atoms with Gasteiger partial charge in [0.1, 0.15) is 0 Å². The normalized spacial score (nSPS) is 12.9. The van der Waals surface area contributed by atoms with Gasteiger partial charge in [-0.15, -0.1) is 0 Å².